The molecule has 8 nitrogen and oxygen atoms in total. The minimum absolute atomic E-state index is 0. The number of carbonyl (C=O) groups excluding carboxylic acids is 2. The number of nitrogens with one attached hydrogen (secondary N) is 2. The van der Waals surface area contributed by atoms with Crippen molar-refractivity contribution in [3.05, 3.63) is 41.6 Å². The second-order valence-electron chi connectivity index (χ2n) is 6.90. The van der Waals surface area contributed by atoms with Crippen molar-refractivity contribution in [1.82, 2.24) is 15.3 Å². The molecule has 0 aliphatic carbocycles. The smallest absolute Gasteiger partial charge is 0.383 e. The number of carbonyl (C=O) groups is 2. The molecule has 1 aromatic heterocycles. The van der Waals surface area contributed by atoms with Crippen LogP contribution in [0.5, 0.6) is 0 Å². The maximum absolute atomic E-state index is 12.8. The first-order valence-electron chi connectivity index (χ1n) is 8.17. The monoisotopic (exact) mass is 430 g/mol. The molecule has 0 atom stereocenters. The van der Waals surface area contributed by atoms with Crippen molar-refractivity contribution >= 4 is 41.8 Å². The van der Waals surface area contributed by atoms with Crippen LogP contribution in [0, 0.1) is 0 Å². The van der Waals surface area contributed by atoms with Crippen LogP contribution in [0.1, 0.15) is 29.8 Å². The summed E-state index contributed by atoms with van der Waals surface area (Å²) in [5.41, 5.74) is 4.26. The van der Waals surface area contributed by atoms with Crippen LogP contribution >= 0.6 is 12.4 Å². The van der Waals surface area contributed by atoms with Crippen molar-refractivity contribution in [3.63, 3.8) is 0 Å². The Labute approximate surface area is 170 Å². The summed E-state index contributed by atoms with van der Waals surface area (Å²) in [4.78, 5) is 33.6. The molecule has 3 rings (SSSR count). The third-order valence-electron chi connectivity index (χ3n) is 3.98. The van der Waals surface area contributed by atoms with Gasteiger partial charge < -0.3 is 16.4 Å². The molecule has 2 heterocycles. The van der Waals surface area contributed by atoms with Crippen LogP contribution in [0.2, 0.25) is 0 Å². The van der Waals surface area contributed by atoms with Gasteiger partial charge in [0.05, 0.1) is 17.6 Å². The van der Waals surface area contributed by atoms with E-state index in [1.54, 1.807) is 0 Å². The largest absolute Gasteiger partial charge is 0.416 e. The Morgan fingerprint density at radius 3 is 2.59 bits per heavy atom. The molecule has 12 heteroatoms. The Balaban J connectivity index is 0.00000300. The molecule has 3 amide bonds. The average Bonchev–Trinajstić information content (AvgIpc) is 2.86. The van der Waals surface area contributed by atoms with E-state index in [2.05, 4.69) is 20.6 Å². The molecule has 0 bridgehead atoms. The Hall–Kier alpha value is -3.08. The predicted octanol–water partition coefficient (Wildman–Crippen LogP) is 3.06. The van der Waals surface area contributed by atoms with Crippen LogP contribution in [-0.2, 0) is 6.18 Å². The predicted molar refractivity (Wildman–Crippen MR) is 103 cm³/mol. The fourth-order valence-electron chi connectivity index (χ4n) is 2.69. The molecule has 0 unspecified atom stereocenters. The van der Waals surface area contributed by atoms with E-state index in [1.807, 2.05) is 13.8 Å². The van der Waals surface area contributed by atoms with Gasteiger partial charge in [0.25, 0.3) is 5.91 Å². The SMILES string of the molecule is CC1(C)CN(c2ncc(C(=O)Nc3cccc(C(F)(F)F)c3)c(N)n2)C(=O)N1.Cl. The van der Waals surface area contributed by atoms with Crippen molar-refractivity contribution in [2.24, 2.45) is 0 Å². The summed E-state index contributed by atoms with van der Waals surface area (Å²) in [7, 11) is 0. The third kappa shape index (κ3) is 4.86. The van der Waals surface area contributed by atoms with Crippen LogP contribution in [0.3, 0.4) is 0 Å². The molecule has 29 heavy (non-hydrogen) atoms. The second kappa shape index (κ2) is 7.74. The number of aromatic nitrogens is 2. The number of nitrogens with two attached hydrogens (primary N) is 1. The van der Waals surface area contributed by atoms with Crippen molar-refractivity contribution in [2.45, 2.75) is 25.6 Å². The van der Waals surface area contributed by atoms with Gasteiger partial charge in [0, 0.05) is 11.9 Å². The molecule has 4 N–H and O–H groups in total. The zero-order chi connectivity index (χ0) is 20.7. The van der Waals surface area contributed by atoms with Gasteiger partial charge in [0.2, 0.25) is 5.95 Å². The van der Waals surface area contributed by atoms with E-state index >= 15 is 0 Å². The lowest BCUT2D eigenvalue weighted by Crippen LogP contribution is -2.36. The Kier molecular flexibility index (Phi) is 5.93. The highest BCUT2D eigenvalue weighted by Gasteiger charge is 2.37. The summed E-state index contributed by atoms with van der Waals surface area (Å²) < 4.78 is 38.3. The summed E-state index contributed by atoms with van der Waals surface area (Å²) in [6.07, 6.45) is -3.41. The number of urea groups is 1. The van der Waals surface area contributed by atoms with Gasteiger partial charge in [-0.25, -0.2) is 9.78 Å². The highest BCUT2D eigenvalue weighted by Crippen LogP contribution is 2.31. The fourth-order valence-corrected chi connectivity index (χ4v) is 2.69. The van der Waals surface area contributed by atoms with Crippen LogP contribution < -0.4 is 21.3 Å². The summed E-state index contributed by atoms with van der Waals surface area (Å²) in [6.45, 7) is 3.96. The number of hydrogen-bond donors (Lipinski definition) is 3. The average molecular weight is 431 g/mol. The van der Waals surface area contributed by atoms with Crippen LogP contribution in [0.4, 0.5) is 35.4 Å². The number of hydrogen-bond acceptors (Lipinski definition) is 5. The van der Waals surface area contributed by atoms with Crippen molar-refractivity contribution in [3.8, 4) is 0 Å². The Bertz CT molecular complexity index is 951. The summed E-state index contributed by atoms with van der Waals surface area (Å²) in [5.74, 6) is -0.947. The van der Waals surface area contributed by atoms with Crippen molar-refractivity contribution < 1.29 is 22.8 Å². The number of halogens is 4. The minimum atomic E-state index is -4.53. The van der Waals surface area contributed by atoms with Gasteiger partial charge in [-0.3, -0.25) is 9.69 Å². The summed E-state index contributed by atoms with van der Waals surface area (Å²) >= 11 is 0. The van der Waals surface area contributed by atoms with Gasteiger partial charge in [0.15, 0.2) is 0 Å². The topological polar surface area (TPSA) is 113 Å². The number of rotatable bonds is 3. The maximum Gasteiger partial charge on any atom is 0.416 e. The molecule has 0 radical (unpaired) electrons. The molecule has 156 valence electrons. The first-order chi connectivity index (χ1) is 13.0. The van der Waals surface area contributed by atoms with E-state index in [0.717, 1.165) is 18.3 Å². The number of anilines is 3. The van der Waals surface area contributed by atoms with Gasteiger partial charge in [-0.15, -0.1) is 12.4 Å². The molecule has 2 aromatic rings. The molecular weight excluding hydrogens is 413 g/mol. The Morgan fingerprint density at radius 1 is 1.34 bits per heavy atom. The number of alkyl halides is 3. The maximum atomic E-state index is 12.8. The van der Waals surface area contributed by atoms with E-state index in [9.17, 15) is 22.8 Å². The van der Waals surface area contributed by atoms with Crippen LogP contribution in [0.15, 0.2) is 30.5 Å². The van der Waals surface area contributed by atoms with Crippen molar-refractivity contribution in [2.75, 3.05) is 22.5 Å². The summed E-state index contributed by atoms with van der Waals surface area (Å²) in [5, 5.41) is 5.07. The normalized spacial score (nSPS) is 15.5. The number of nitrogens with zero attached hydrogens (tertiary/aromatic N) is 3. The molecule has 0 saturated carbocycles. The van der Waals surface area contributed by atoms with Crippen LogP contribution in [0.25, 0.3) is 0 Å². The molecule has 1 aliphatic rings. The molecular formula is C17H18ClF3N6O2. The highest BCUT2D eigenvalue weighted by molar-refractivity contribution is 6.07. The first kappa shape index (κ1) is 22.2. The number of benzene rings is 1. The van der Waals surface area contributed by atoms with E-state index < -0.39 is 29.2 Å². The molecule has 0 spiro atoms. The molecule has 1 aliphatic heterocycles. The Morgan fingerprint density at radius 2 is 2.03 bits per heavy atom. The summed E-state index contributed by atoms with van der Waals surface area (Å²) in [6, 6.07) is 3.79. The number of nitrogen functional groups attached to an aromatic ring is 1. The zero-order valence-corrected chi connectivity index (χ0v) is 16.2. The van der Waals surface area contributed by atoms with Gasteiger partial charge in [-0.05, 0) is 32.0 Å². The fraction of sp³-hybridized carbons (Fsp3) is 0.294. The van der Waals surface area contributed by atoms with E-state index in [1.165, 1.54) is 17.0 Å². The second-order valence-corrected chi connectivity index (χ2v) is 6.90. The molecule has 1 fully saturated rings. The van der Waals surface area contributed by atoms with Crippen LogP contribution in [-0.4, -0.2) is 34.0 Å². The lowest BCUT2D eigenvalue weighted by molar-refractivity contribution is -0.137. The quantitative estimate of drug-likeness (QED) is 0.692. The van der Waals surface area contributed by atoms with Gasteiger partial charge >= 0.3 is 12.2 Å². The molecule has 1 saturated heterocycles. The number of amides is 3. The van der Waals surface area contributed by atoms with E-state index in [4.69, 9.17) is 5.73 Å². The highest BCUT2D eigenvalue weighted by atomic mass is 35.5. The standard InChI is InChI=1S/C17H17F3N6O2.ClH/c1-16(2)8-26(15(28)25-16)14-22-7-11(12(21)24-14)13(27)23-10-5-3-4-9(6-10)17(18,19)20;/h3-7H,8H2,1-2H3,(H,23,27)(H,25,28)(H2,21,22,24);1H. The first-order valence-corrected chi connectivity index (χ1v) is 8.17. The zero-order valence-electron chi connectivity index (χ0n) is 15.4. The third-order valence-corrected chi connectivity index (χ3v) is 3.98. The minimum Gasteiger partial charge on any atom is -0.383 e. The van der Waals surface area contributed by atoms with E-state index in [-0.39, 0.29) is 35.4 Å². The van der Waals surface area contributed by atoms with E-state index in [0.29, 0.717) is 6.54 Å². The van der Waals surface area contributed by atoms with Gasteiger partial charge in [-0.1, -0.05) is 6.07 Å². The molecule has 1 aromatic carbocycles. The van der Waals surface area contributed by atoms with Gasteiger partial charge in [-0.2, -0.15) is 18.2 Å². The van der Waals surface area contributed by atoms with Crippen molar-refractivity contribution in [1.29, 1.82) is 0 Å². The lowest BCUT2D eigenvalue weighted by Gasteiger charge is -2.17. The van der Waals surface area contributed by atoms with Gasteiger partial charge in [0.1, 0.15) is 11.4 Å². The lowest BCUT2D eigenvalue weighted by atomic mass is 10.1.